The molecule has 0 N–H and O–H groups in total. The predicted octanol–water partition coefficient (Wildman–Crippen LogP) is 5.28. The molecule has 2 aromatic carbocycles. The van der Waals surface area contributed by atoms with E-state index in [0.717, 1.165) is 5.56 Å². The van der Waals surface area contributed by atoms with Crippen molar-refractivity contribution in [1.82, 2.24) is 0 Å². The van der Waals surface area contributed by atoms with Gasteiger partial charge in [-0.3, -0.25) is 0 Å². The molecule has 19 heavy (non-hydrogen) atoms. The SMILES string of the molecule is COc1ccc(C(Br)c2cccc(C)c2F)cc1Cl. The van der Waals surface area contributed by atoms with Crippen LogP contribution in [0.5, 0.6) is 5.75 Å². The Balaban J connectivity index is 2.41. The minimum absolute atomic E-state index is 0.198. The lowest BCUT2D eigenvalue weighted by Gasteiger charge is -2.14. The van der Waals surface area contributed by atoms with E-state index in [1.807, 2.05) is 12.1 Å². The zero-order chi connectivity index (χ0) is 14.0. The van der Waals surface area contributed by atoms with Crippen molar-refractivity contribution < 1.29 is 9.13 Å². The molecule has 1 unspecified atom stereocenters. The molecule has 0 bridgehead atoms. The van der Waals surface area contributed by atoms with Crippen molar-refractivity contribution in [3.05, 3.63) is 63.9 Å². The van der Waals surface area contributed by atoms with E-state index in [0.29, 0.717) is 21.9 Å². The molecular formula is C15H13BrClFO. The van der Waals surface area contributed by atoms with Gasteiger partial charge in [-0.25, -0.2) is 4.39 Å². The summed E-state index contributed by atoms with van der Waals surface area (Å²) in [6.07, 6.45) is 0. The van der Waals surface area contributed by atoms with Crippen molar-refractivity contribution >= 4 is 27.5 Å². The summed E-state index contributed by atoms with van der Waals surface area (Å²) in [6.45, 7) is 1.75. The second-order valence-corrected chi connectivity index (χ2v) is 5.56. The van der Waals surface area contributed by atoms with Crippen LogP contribution < -0.4 is 4.74 Å². The Kier molecular flexibility index (Phi) is 4.48. The van der Waals surface area contributed by atoms with Crippen LogP contribution in [0.3, 0.4) is 0 Å². The molecule has 1 atom stereocenters. The highest BCUT2D eigenvalue weighted by Crippen LogP contribution is 2.36. The molecular weight excluding hydrogens is 331 g/mol. The number of benzene rings is 2. The number of ether oxygens (including phenoxy) is 1. The Bertz CT molecular complexity index is 601. The van der Waals surface area contributed by atoms with E-state index in [9.17, 15) is 4.39 Å². The van der Waals surface area contributed by atoms with E-state index in [1.165, 1.54) is 0 Å². The van der Waals surface area contributed by atoms with E-state index in [4.69, 9.17) is 16.3 Å². The van der Waals surface area contributed by atoms with Crippen LogP contribution in [0.4, 0.5) is 4.39 Å². The fourth-order valence-corrected chi connectivity index (χ4v) is 2.79. The summed E-state index contributed by atoms with van der Waals surface area (Å²) in [6, 6.07) is 10.8. The first-order chi connectivity index (χ1) is 9.04. The fourth-order valence-electron chi connectivity index (χ4n) is 1.89. The molecule has 0 fully saturated rings. The highest BCUT2D eigenvalue weighted by Gasteiger charge is 2.17. The third-order valence-electron chi connectivity index (χ3n) is 2.96. The number of alkyl halides is 1. The van der Waals surface area contributed by atoms with Gasteiger partial charge in [-0.05, 0) is 30.2 Å². The van der Waals surface area contributed by atoms with Gasteiger partial charge in [0.15, 0.2) is 0 Å². The molecule has 4 heteroatoms. The second-order valence-electron chi connectivity index (χ2n) is 4.23. The Labute approximate surface area is 125 Å². The molecule has 0 aliphatic carbocycles. The molecule has 100 valence electrons. The fraction of sp³-hybridized carbons (Fsp3) is 0.200. The van der Waals surface area contributed by atoms with Gasteiger partial charge < -0.3 is 4.74 Å². The first kappa shape index (κ1) is 14.4. The van der Waals surface area contributed by atoms with Crippen molar-refractivity contribution in [2.45, 2.75) is 11.8 Å². The molecule has 0 aliphatic rings. The third-order valence-corrected chi connectivity index (χ3v) is 4.28. The van der Waals surface area contributed by atoms with Gasteiger partial charge in [0.1, 0.15) is 11.6 Å². The van der Waals surface area contributed by atoms with Gasteiger partial charge in [-0.15, -0.1) is 0 Å². The highest BCUT2D eigenvalue weighted by molar-refractivity contribution is 9.09. The molecule has 0 aromatic heterocycles. The molecule has 0 saturated carbocycles. The number of halogens is 3. The lowest BCUT2D eigenvalue weighted by atomic mass is 10.0. The molecule has 2 aromatic rings. The van der Waals surface area contributed by atoms with E-state index >= 15 is 0 Å². The summed E-state index contributed by atoms with van der Waals surface area (Å²) in [4.78, 5) is -0.240. The van der Waals surface area contributed by atoms with Crippen molar-refractivity contribution in [3.8, 4) is 5.75 Å². The van der Waals surface area contributed by atoms with E-state index < -0.39 is 0 Å². The van der Waals surface area contributed by atoms with Gasteiger partial charge in [0.2, 0.25) is 0 Å². The Morgan fingerprint density at radius 1 is 1.26 bits per heavy atom. The van der Waals surface area contributed by atoms with Gasteiger partial charge in [0, 0.05) is 5.56 Å². The molecule has 0 radical (unpaired) electrons. The van der Waals surface area contributed by atoms with Crippen molar-refractivity contribution in [2.24, 2.45) is 0 Å². The summed E-state index contributed by atoms with van der Waals surface area (Å²) in [5.41, 5.74) is 2.11. The number of hydrogen-bond acceptors (Lipinski definition) is 1. The summed E-state index contributed by atoms with van der Waals surface area (Å²) >= 11 is 9.61. The Morgan fingerprint density at radius 2 is 2.00 bits per heavy atom. The maximum Gasteiger partial charge on any atom is 0.137 e. The summed E-state index contributed by atoms with van der Waals surface area (Å²) < 4.78 is 19.2. The average molecular weight is 344 g/mol. The second kappa shape index (κ2) is 5.93. The van der Waals surface area contributed by atoms with Crippen LogP contribution in [0.2, 0.25) is 5.02 Å². The Hall–Kier alpha value is -1.06. The first-order valence-electron chi connectivity index (χ1n) is 5.77. The molecule has 1 nitrogen and oxygen atoms in total. The molecule has 0 amide bonds. The minimum atomic E-state index is -0.240. The normalized spacial score (nSPS) is 12.3. The van der Waals surface area contributed by atoms with Crippen LogP contribution in [0, 0.1) is 12.7 Å². The monoisotopic (exact) mass is 342 g/mol. The molecule has 0 spiro atoms. The average Bonchev–Trinajstić information content (AvgIpc) is 2.41. The number of rotatable bonds is 3. The minimum Gasteiger partial charge on any atom is -0.495 e. The zero-order valence-corrected chi connectivity index (χ0v) is 12.9. The number of aryl methyl sites for hydroxylation is 1. The topological polar surface area (TPSA) is 9.23 Å². The lowest BCUT2D eigenvalue weighted by molar-refractivity contribution is 0.415. The van der Waals surface area contributed by atoms with Crippen LogP contribution in [0.25, 0.3) is 0 Å². The van der Waals surface area contributed by atoms with E-state index in [-0.39, 0.29) is 10.6 Å². The largest absolute Gasteiger partial charge is 0.495 e. The van der Waals surface area contributed by atoms with Gasteiger partial charge in [0.25, 0.3) is 0 Å². The first-order valence-corrected chi connectivity index (χ1v) is 7.06. The lowest BCUT2D eigenvalue weighted by Crippen LogP contribution is -1.99. The van der Waals surface area contributed by atoms with Crippen LogP contribution in [0.1, 0.15) is 21.5 Å². The van der Waals surface area contributed by atoms with Crippen LogP contribution >= 0.6 is 27.5 Å². The summed E-state index contributed by atoms with van der Waals surface area (Å²) in [5, 5.41) is 0.512. The van der Waals surface area contributed by atoms with Crippen LogP contribution in [-0.2, 0) is 0 Å². The van der Waals surface area contributed by atoms with Gasteiger partial charge in [-0.2, -0.15) is 0 Å². The standard InChI is InChI=1S/C15H13BrClFO/c1-9-4-3-5-11(15(9)18)14(16)10-6-7-13(19-2)12(17)8-10/h3-8,14H,1-2H3. The predicted molar refractivity (Wildman–Crippen MR) is 79.9 cm³/mol. The van der Waals surface area contributed by atoms with Gasteiger partial charge in [0.05, 0.1) is 17.0 Å². The van der Waals surface area contributed by atoms with Gasteiger partial charge >= 0.3 is 0 Å². The van der Waals surface area contributed by atoms with Crippen molar-refractivity contribution in [3.63, 3.8) is 0 Å². The molecule has 0 heterocycles. The summed E-state index contributed by atoms with van der Waals surface area (Å²) in [5.74, 6) is 0.408. The quantitative estimate of drug-likeness (QED) is 0.689. The van der Waals surface area contributed by atoms with E-state index in [2.05, 4.69) is 15.9 Å². The number of methoxy groups -OCH3 is 1. The number of hydrogen-bond donors (Lipinski definition) is 0. The van der Waals surface area contributed by atoms with Crippen molar-refractivity contribution in [2.75, 3.05) is 7.11 Å². The van der Waals surface area contributed by atoms with Crippen LogP contribution in [-0.4, -0.2) is 7.11 Å². The van der Waals surface area contributed by atoms with E-state index in [1.54, 1.807) is 38.3 Å². The highest BCUT2D eigenvalue weighted by atomic mass is 79.9. The molecule has 0 saturated heterocycles. The van der Waals surface area contributed by atoms with Gasteiger partial charge in [-0.1, -0.05) is 51.8 Å². The molecule has 0 aliphatic heterocycles. The molecule has 2 rings (SSSR count). The maximum absolute atomic E-state index is 14.1. The van der Waals surface area contributed by atoms with Crippen LogP contribution in [0.15, 0.2) is 36.4 Å². The Morgan fingerprint density at radius 3 is 2.63 bits per heavy atom. The third kappa shape index (κ3) is 2.93. The summed E-state index contributed by atoms with van der Waals surface area (Å²) in [7, 11) is 1.56. The zero-order valence-electron chi connectivity index (χ0n) is 10.6. The van der Waals surface area contributed by atoms with Crippen molar-refractivity contribution in [1.29, 1.82) is 0 Å². The smallest absolute Gasteiger partial charge is 0.137 e. The maximum atomic E-state index is 14.1.